The summed E-state index contributed by atoms with van der Waals surface area (Å²) in [7, 11) is 0. The van der Waals surface area contributed by atoms with Gasteiger partial charge in [0.25, 0.3) is 0 Å². The molecule has 5 atom stereocenters. The van der Waals surface area contributed by atoms with E-state index in [1.54, 1.807) is 6.92 Å². The highest BCUT2D eigenvalue weighted by Gasteiger charge is 2.32. The number of hydrogen-bond acceptors (Lipinski definition) is 8. The van der Waals surface area contributed by atoms with E-state index in [1.807, 2.05) is 6.92 Å². The fourth-order valence-electron chi connectivity index (χ4n) is 3.45. The largest absolute Gasteiger partial charge is 0.480 e. The zero-order valence-electron chi connectivity index (χ0n) is 22.3. The summed E-state index contributed by atoms with van der Waals surface area (Å²) in [6.07, 6.45) is 2.17. The Hall–Kier alpha value is -3.46. The van der Waals surface area contributed by atoms with Crippen LogP contribution in [0.4, 0.5) is 0 Å². The number of rotatable bonds is 20. The summed E-state index contributed by atoms with van der Waals surface area (Å²) >= 11 is 0. The summed E-state index contributed by atoms with van der Waals surface area (Å²) in [4.78, 5) is 65.4. The first-order valence-electron chi connectivity index (χ1n) is 12.8. The molecule has 218 valence electrons. The Morgan fingerprint density at radius 3 is 2.00 bits per heavy atom. The molecule has 0 bridgehead atoms. The third kappa shape index (κ3) is 14.3. The summed E-state index contributed by atoms with van der Waals surface area (Å²) < 4.78 is 0. The molecule has 0 aliphatic rings. The Bertz CT molecular complexity index is 819. The number of primary amides is 1. The van der Waals surface area contributed by atoms with Crippen molar-refractivity contribution in [3.63, 3.8) is 0 Å². The highest BCUT2D eigenvalue weighted by Crippen LogP contribution is 2.11. The van der Waals surface area contributed by atoms with Crippen molar-refractivity contribution in [3.05, 3.63) is 0 Å². The molecule has 15 nitrogen and oxygen atoms in total. The van der Waals surface area contributed by atoms with Crippen LogP contribution in [0.25, 0.3) is 0 Å². The number of nitrogens with zero attached hydrogens (tertiary/aromatic N) is 1. The molecule has 15 heteroatoms. The Morgan fingerprint density at radius 1 is 0.842 bits per heavy atom. The molecular formula is C23H45N9O6. The molecule has 0 heterocycles. The average Bonchev–Trinajstić information content (AvgIpc) is 2.85. The first kappa shape index (κ1) is 34.5. The monoisotopic (exact) mass is 543 g/mol. The molecule has 0 rings (SSSR count). The molecular weight excluding hydrogens is 498 g/mol. The van der Waals surface area contributed by atoms with E-state index in [9.17, 15) is 29.1 Å². The second-order valence-corrected chi connectivity index (χ2v) is 9.18. The van der Waals surface area contributed by atoms with Gasteiger partial charge in [0.15, 0.2) is 5.96 Å². The smallest absolute Gasteiger partial charge is 0.326 e. The molecule has 0 aromatic carbocycles. The second-order valence-electron chi connectivity index (χ2n) is 9.18. The van der Waals surface area contributed by atoms with Crippen molar-refractivity contribution >= 4 is 35.6 Å². The Kier molecular flexibility index (Phi) is 17.0. The van der Waals surface area contributed by atoms with Crippen LogP contribution in [0.15, 0.2) is 4.99 Å². The van der Waals surface area contributed by atoms with E-state index in [4.69, 9.17) is 28.7 Å². The van der Waals surface area contributed by atoms with E-state index in [2.05, 4.69) is 20.9 Å². The van der Waals surface area contributed by atoms with Gasteiger partial charge in [0.1, 0.15) is 18.1 Å². The van der Waals surface area contributed by atoms with Crippen molar-refractivity contribution in [1.29, 1.82) is 0 Å². The van der Waals surface area contributed by atoms with Crippen molar-refractivity contribution < 1.29 is 29.1 Å². The zero-order valence-corrected chi connectivity index (χ0v) is 22.3. The molecule has 0 saturated heterocycles. The molecule has 38 heavy (non-hydrogen) atoms. The third-order valence-electron chi connectivity index (χ3n) is 5.97. The quantitative estimate of drug-likeness (QED) is 0.0436. The zero-order chi connectivity index (χ0) is 29.3. The summed E-state index contributed by atoms with van der Waals surface area (Å²) in [5.41, 5.74) is 27.2. The number of hydrogen-bond donors (Lipinski definition) is 9. The molecule has 0 aliphatic heterocycles. The highest BCUT2D eigenvalue weighted by atomic mass is 16.4. The van der Waals surface area contributed by atoms with Crippen molar-refractivity contribution in [2.75, 3.05) is 13.1 Å². The normalized spacial score (nSPS) is 14.7. The predicted molar refractivity (Wildman–Crippen MR) is 142 cm³/mol. The average molecular weight is 544 g/mol. The van der Waals surface area contributed by atoms with Gasteiger partial charge in [0.2, 0.25) is 23.6 Å². The van der Waals surface area contributed by atoms with Crippen molar-refractivity contribution in [2.24, 2.45) is 39.6 Å². The maximum Gasteiger partial charge on any atom is 0.326 e. The van der Waals surface area contributed by atoms with Crippen LogP contribution >= 0.6 is 0 Å². The number of aliphatic imine (C=N–C) groups is 1. The number of aliphatic carboxylic acids is 1. The van der Waals surface area contributed by atoms with E-state index in [0.29, 0.717) is 32.2 Å². The predicted octanol–water partition coefficient (Wildman–Crippen LogP) is -2.65. The Balaban J connectivity index is 5.64. The molecule has 0 aliphatic carbocycles. The lowest BCUT2D eigenvalue weighted by atomic mass is 9.96. The number of nitrogens with one attached hydrogen (secondary N) is 3. The van der Waals surface area contributed by atoms with Gasteiger partial charge in [-0.25, -0.2) is 4.79 Å². The number of amides is 4. The first-order chi connectivity index (χ1) is 17.8. The summed E-state index contributed by atoms with van der Waals surface area (Å²) in [5.74, 6) is -4.45. The third-order valence-corrected chi connectivity index (χ3v) is 5.97. The van der Waals surface area contributed by atoms with E-state index in [-0.39, 0.29) is 44.1 Å². The minimum atomic E-state index is -1.40. The number of carbonyl (C=O) groups is 5. The van der Waals surface area contributed by atoms with Gasteiger partial charge >= 0.3 is 5.97 Å². The number of unbranched alkanes of at least 4 members (excludes halogenated alkanes) is 1. The van der Waals surface area contributed by atoms with Gasteiger partial charge in [-0.2, -0.15) is 0 Å². The number of carbonyl (C=O) groups excluding carboxylic acids is 4. The summed E-state index contributed by atoms with van der Waals surface area (Å²) in [5, 5.41) is 17.0. The lowest BCUT2D eigenvalue weighted by Gasteiger charge is -2.28. The lowest BCUT2D eigenvalue weighted by Crippen LogP contribution is -2.58. The van der Waals surface area contributed by atoms with E-state index < -0.39 is 53.8 Å². The van der Waals surface area contributed by atoms with Gasteiger partial charge in [-0.1, -0.05) is 26.7 Å². The van der Waals surface area contributed by atoms with Crippen molar-refractivity contribution in [2.45, 2.75) is 89.4 Å². The van der Waals surface area contributed by atoms with Gasteiger partial charge in [0.05, 0.1) is 6.04 Å². The Morgan fingerprint density at radius 2 is 1.47 bits per heavy atom. The van der Waals surface area contributed by atoms with Gasteiger partial charge in [0, 0.05) is 13.0 Å². The van der Waals surface area contributed by atoms with E-state index >= 15 is 0 Å². The van der Waals surface area contributed by atoms with Crippen LogP contribution in [0, 0.1) is 5.92 Å². The number of carboxylic acid groups (broad SMARTS) is 1. The summed E-state index contributed by atoms with van der Waals surface area (Å²) in [6, 6.07) is -4.40. The first-order valence-corrected chi connectivity index (χ1v) is 12.8. The SMILES string of the molecule is CCC(C)C(NC(=O)C(N)CCCCN)C(=O)NC(CCCN=C(N)N)C(=O)NC(CCC(N)=O)C(=O)O. The molecule has 4 amide bonds. The molecule has 0 spiro atoms. The van der Waals surface area contributed by atoms with Gasteiger partial charge in [-0.3, -0.25) is 24.2 Å². The standard InChI is InChI=1S/C23H45N9O6/c1-3-13(2)18(32-19(34)14(25)7-4-5-11-24)21(36)30-15(8-6-12-29-23(27)28)20(35)31-16(22(37)38)9-10-17(26)33/h13-16,18H,3-12,24-25H2,1-2H3,(H2,26,33)(H,30,36)(H,31,35)(H,32,34)(H,37,38)(H4,27,28,29). The van der Waals surface area contributed by atoms with Gasteiger partial charge in [-0.15, -0.1) is 0 Å². The maximum atomic E-state index is 13.2. The fraction of sp³-hybridized carbons (Fsp3) is 0.739. The van der Waals surface area contributed by atoms with Crippen molar-refractivity contribution in [3.8, 4) is 0 Å². The summed E-state index contributed by atoms with van der Waals surface area (Å²) in [6.45, 7) is 4.25. The molecule has 0 aromatic rings. The lowest BCUT2D eigenvalue weighted by molar-refractivity contribution is -0.142. The molecule has 14 N–H and O–H groups in total. The van der Waals surface area contributed by atoms with Crippen LogP contribution in [0.5, 0.6) is 0 Å². The van der Waals surface area contributed by atoms with Crippen LogP contribution in [0.3, 0.4) is 0 Å². The second kappa shape index (κ2) is 18.7. The van der Waals surface area contributed by atoms with Crippen LogP contribution in [0.1, 0.15) is 65.2 Å². The van der Waals surface area contributed by atoms with Crippen LogP contribution < -0.4 is 44.6 Å². The topological polar surface area (TPSA) is 284 Å². The Labute approximate surface area is 223 Å². The molecule has 0 aromatic heterocycles. The fourth-order valence-corrected chi connectivity index (χ4v) is 3.45. The van der Waals surface area contributed by atoms with Crippen LogP contribution in [0.2, 0.25) is 0 Å². The van der Waals surface area contributed by atoms with Crippen molar-refractivity contribution in [1.82, 2.24) is 16.0 Å². The van der Waals surface area contributed by atoms with Gasteiger partial charge < -0.3 is 49.7 Å². The van der Waals surface area contributed by atoms with Gasteiger partial charge in [-0.05, 0) is 44.6 Å². The van der Waals surface area contributed by atoms with E-state index in [1.165, 1.54) is 0 Å². The molecule has 0 radical (unpaired) electrons. The highest BCUT2D eigenvalue weighted by molar-refractivity contribution is 5.94. The van der Waals surface area contributed by atoms with E-state index in [0.717, 1.165) is 0 Å². The number of guanidine groups is 1. The minimum absolute atomic E-state index is 0.0658. The van der Waals surface area contributed by atoms with Crippen LogP contribution in [-0.2, 0) is 24.0 Å². The minimum Gasteiger partial charge on any atom is -0.480 e. The molecule has 0 saturated carbocycles. The number of nitrogens with two attached hydrogens (primary N) is 5. The number of carboxylic acids is 1. The maximum absolute atomic E-state index is 13.2. The molecule has 5 unspecified atom stereocenters. The molecule has 0 fully saturated rings. The van der Waals surface area contributed by atoms with Crippen LogP contribution in [-0.4, -0.2) is 77.9 Å².